The highest BCUT2D eigenvalue weighted by Crippen LogP contribution is 2.17. The van der Waals surface area contributed by atoms with Crippen molar-refractivity contribution in [1.29, 1.82) is 0 Å². The van der Waals surface area contributed by atoms with Gasteiger partial charge in [-0.2, -0.15) is 0 Å². The molecular weight excluding hydrogens is 214 g/mol. The van der Waals surface area contributed by atoms with Crippen LogP contribution in [0.3, 0.4) is 0 Å². The number of thioether (sulfide) groups is 1. The van der Waals surface area contributed by atoms with E-state index in [1.807, 2.05) is 6.26 Å². The first-order valence-corrected chi connectivity index (χ1v) is 4.58. The number of nitrogens with zero attached hydrogens (tertiary/aromatic N) is 2. The van der Waals surface area contributed by atoms with Gasteiger partial charge in [0, 0.05) is 0 Å². The van der Waals surface area contributed by atoms with E-state index < -0.39 is 0 Å². The molecule has 2 N–H and O–H groups in total. The zero-order valence-electron chi connectivity index (χ0n) is 5.34. The normalized spacial score (nSPS) is 9.80. The van der Waals surface area contributed by atoms with Crippen LogP contribution < -0.4 is 5.73 Å². The van der Waals surface area contributed by atoms with Gasteiger partial charge in [-0.05, 0) is 22.2 Å². The van der Waals surface area contributed by atoms with E-state index in [0.717, 1.165) is 5.16 Å². The minimum absolute atomic E-state index is 0.567. The molecule has 0 saturated heterocycles. The molecule has 3 nitrogen and oxygen atoms in total. The maximum atomic E-state index is 5.46. The van der Waals surface area contributed by atoms with Gasteiger partial charge in [-0.3, -0.25) is 0 Å². The number of hydrogen-bond donors (Lipinski definition) is 1. The fourth-order valence-electron chi connectivity index (χ4n) is 0.454. The van der Waals surface area contributed by atoms with Crippen LogP contribution in [0.25, 0.3) is 0 Å². The summed E-state index contributed by atoms with van der Waals surface area (Å²) in [5, 5.41) is 0.723. The summed E-state index contributed by atoms with van der Waals surface area (Å²) in [7, 11) is 0. The topological polar surface area (TPSA) is 51.8 Å². The van der Waals surface area contributed by atoms with Crippen LogP contribution in [0.4, 0.5) is 5.69 Å². The summed E-state index contributed by atoms with van der Waals surface area (Å²) in [5.41, 5.74) is 6.03. The second-order valence-electron chi connectivity index (χ2n) is 1.60. The fraction of sp³-hybridized carbons (Fsp3) is 0.200. The van der Waals surface area contributed by atoms with E-state index in [9.17, 15) is 0 Å². The molecule has 0 aliphatic carbocycles. The van der Waals surface area contributed by atoms with E-state index in [1.165, 1.54) is 11.8 Å². The average Bonchev–Trinajstić information content (AvgIpc) is 1.95. The molecule has 0 atom stereocenters. The van der Waals surface area contributed by atoms with Gasteiger partial charge in [-0.1, -0.05) is 11.8 Å². The number of aromatic nitrogens is 2. The van der Waals surface area contributed by atoms with Crippen molar-refractivity contribution in [3.05, 3.63) is 10.8 Å². The molecule has 0 saturated carbocycles. The Morgan fingerprint density at radius 1 is 1.70 bits per heavy atom. The highest BCUT2D eigenvalue weighted by atomic mass is 79.9. The molecule has 1 aromatic rings. The molecular formula is C5H6BrN3S. The van der Waals surface area contributed by atoms with Gasteiger partial charge >= 0.3 is 0 Å². The maximum absolute atomic E-state index is 5.46. The third-order valence-electron chi connectivity index (χ3n) is 0.929. The first-order chi connectivity index (χ1) is 4.74. The van der Waals surface area contributed by atoms with Crippen molar-refractivity contribution in [2.45, 2.75) is 5.16 Å². The van der Waals surface area contributed by atoms with Crippen molar-refractivity contribution in [1.82, 2.24) is 9.97 Å². The number of halogens is 1. The number of anilines is 1. The molecule has 0 amide bonds. The van der Waals surface area contributed by atoms with Gasteiger partial charge in [0.15, 0.2) is 5.16 Å². The lowest BCUT2D eigenvalue weighted by atomic mass is 10.6. The summed E-state index contributed by atoms with van der Waals surface area (Å²) in [5.74, 6) is 0. The van der Waals surface area contributed by atoms with E-state index in [4.69, 9.17) is 5.73 Å². The number of nitrogens with two attached hydrogens (primary N) is 1. The quantitative estimate of drug-likeness (QED) is 0.443. The fourth-order valence-corrected chi connectivity index (χ4v) is 1.18. The first kappa shape index (κ1) is 7.81. The Kier molecular flexibility index (Phi) is 2.50. The zero-order valence-corrected chi connectivity index (χ0v) is 7.74. The predicted molar refractivity (Wildman–Crippen MR) is 45.9 cm³/mol. The number of hydrogen-bond acceptors (Lipinski definition) is 4. The van der Waals surface area contributed by atoms with Gasteiger partial charge in [-0.25, -0.2) is 9.97 Å². The molecule has 0 bridgehead atoms. The highest BCUT2D eigenvalue weighted by Gasteiger charge is 1.98. The second kappa shape index (κ2) is 3.21. The molecule has 1 rings (SSSR count). The van der Waals surface area contributed by atoms with Crippen molar-refractivity contribution in [2.75, 3.05) is 12.0 Å². The van der Waals surface area contributed by atoms with Crippen LogP contribution in [0.1, 0.15) is 0 Å². The molecule has 0 aliphatic heterocycles. The van der Waals surface area contributed by atoms with Gasteiger partial charge in [0.05, 0.1) is 11.9 Å². The Morgan fingerprint density at radius 3 is 2.90 bits per heavy atom. The van der Waals surface area contributed by atoms with Crippen LogP contribution in [0.15, 0.2) is 16.0 Å². The predicted octanol–water partition coefficient (Wildman–Crippen LogP) is 1.54. The van der Waals surface area contributed by atoms with Crippen LogP contribution in [-0.2, 0) is 0 Å². The van der Waals surface area contributed by atoms with E-state index in [0.29, 0.717) is 10.3 Å². The van der Waals surface area contributed by atoms with Gasteiger partial charge in [0.2, 0.25) is 0 Å². The van der Waals surface area contributed by atoms with Crippen LogP contribution >= 0.6 is 27.7 Å². The smallest absolute Gasteiger partial charge is 0.188 e. The van der Waals surface area contributed by atoms with E-state index in [2.05, 4.69) is 25.9 Å². The molecule has 1 aromatic heterocycles. The lowest BCUT2D eigenvalue weighted by molar-refractivity contribution is 0.956. The lowest BCUT2D eigenvalue weighted by Gasteiger charge is -1.96. The summed E-state index contributed by atoms with van der Waals surface area (Å²) in [4.78, 5) is 7.99. The van der Waals surface area contributed by atoms with Crippen LogP contribution in [0, 0.1) is 0 Å². The van der Waals surface area contributed by atoms with Gasteiger partial charge in [0.25, 0.3) is 0 Å². The molecule has 5 heteroatoms. The largest absolute Gasteiger partial charge is 0.395 e. The molecule has 1 heterocycles. The highest BCUT2D eigenvalue weighted by molar-refractivity contribution is 9.10. The SMILES string of the molecule is CSc1ncc(N)c(Br)n1. The molecule has 10 heavy (non-hydrogen) atoms. The van der Waals surface area contributed by atoms with Crippen molar-refractivity contribution in [2.24, 2.45) is 0 Å². The summed E-state index contributed by atoms with van der Waals surface area (Å²) in [6, 6.07) is 0. The minimum atomic E-state index is 0.567. The van der Waals surface area contributed by atoms with Crippen molar-refractivity contribution in [3.63, 3.8) is 0 Å². The summed E-state index contributed by atoms with van der Waals surface area (Å²) < 4.78 is 0.659. The Bertz CT molecular complexity index is 240. The van der Waals surface area contributed by atoms with Crippen molar-refractivity contribution < 1.29 is 0 Å². The molecule has 0 aliphatic rings. The van der Waals surface area contributed by atoms with Gasteiger partial charge < -0.3 is 5.73 Å². The van der Waals surface area contributed by atoms with Crippen molar-refractivity contribution in [3.8, 4) is 0 Å². The zero-order chi connectivity index (χ0) is 7.56. The van der Waals surface area contributed by atoms with E-state index in [1.54, 1.807) is 6.20 Å². The number of nitrogen functional groups attached to an aromatic ring is 1. The summed E-state index contributed by atoms with van der Waals surface area (Å²) in [6.45, 7) is 0. The third kappa shape index (κ3) is 1.60. The maximum Gasteiger partial charge on any atom is 0.188 e. The van der Waals surface area contributed by atoms with E-state index in [-0.39, 0.29) is 0 Å². The van der Waals surface area contributed by atoms with E-state index >= 15 is 0 Å². The van der Waals surface area contributed by atoms with Crippen LogP contribution in [0.5, 0.6) is 0 Å². The minimum Gasteiger partial charge on any atom is -0.395 e. The van der Waals surface area contributed by atoms with Crippen molar-refractivity contribution >= 4 is 33.4 Å². The van der Waals surface area contributed by atoms with Crippen LogP contribution in [0.2, 0.25) is 0 Å². The monoisotopic (exact) mass is 219 g/mol. The standard InChI is InChI=1S/C5H6BrN3S/c1-10-5-8-2-3(7)4(6)9-5/h2H,7H2,1H3. The Morgan fingerprint density at radius 2 is 2.40 bits per heavy atom. The molecule has 0 spiro atoms. The molecule has 0 fully saturated rings. The molecule has 0 aromatic carbocycles. The average molecular weight is 220 g/mol. The second-order valence-corrected chi connectivity index (χ2v) is 3.13. The first-order valence-electron chi connectivity index (χ1n) is 2.56. The van der Waals surface area contributed by atoms with Gasteiger partial charge in [-0.15, -0.1) is 0 Å². The summed E-state index contributed by atoms with van der Waals surface area (Å²) >= 11 is 4.68. The molecule has 0 radical (unpaired) electrons. The molecule has 0 unspecified atom stereocenters. The Labute approximate surface area is 71.6 Å². The molecule has 54 valence electrons. The number of rotatable bonds is 1. The Hall–Kier alpha value is -0.290. The van der Waals surface area contributed by atoms with Crippen LogP contribution in [-0.4, -0.2) is 16.2 Å². The summed E-state index contributed by atoms with van der Waals surface area (Å²) in [6.07, 6.45) is 3.50. The lowest BCUT2D eigenvalue weighted by Crippen LogP contribution is -1.92. The Balaban J connectivity index is 3.04. The third-order valence-corrected chi connectivity index (χ3v) is 2.13. The van der Waals surface area contributed by atoms with Gasteiger partial charge in [0.1, 0.15) is 4.60 Å².